The van der Waals surface area contributed by atoms with Crippen molar-refractivity contribution in [1.29, 1.82) is 5.26 Å². The molecule has 1 atom stereocenters. The van der Waals surface area contributed by atoms with Crippen molar-refractivity contribution in [2.75, 3.05) is 31.1 Å². The molecular weight excluding hydrogens is 423 g/mol. The number of nitriles is 1. The van der Waals surface area contributed by atoms with Crippen LogP contribution in [0.25, 0.3) is 0 Å². The van der Waals surface area contributed by atoms with Crippen LogP contribution >= 0.6 is 11.6 Å². The van der Waals surface area contributed by atoms with Gasteiger partial charge in [-0.15, -0.1) is 0 Å². The summed E-state index contributed by atoms with van der Waals surface area (Å²) in [5.74, 6) is -1.90. The Morgan fingerprint density at radius 2 is 1.73 bits per heavy atom. The molecule has 2 aliphatic heterocycles. The summed E-state index contributed by atoms with van der Waals surface area (Å²) in [4.78, 5) is 11.2. The average molecular weight is 448 g/mol. The summed E-state index contributed by atoms with van der Waals surface area (Å²) < 4.78 is 31.7. The topological polar surface area (TPSA) is 96.6 Å². The van der Waals surface area contributed by atoms with Crippen LogP contribution in [-0.2, 0) is 4.79 Å². The largest absolute Gasteiger partial charge is 0.490 e. The molecule has 30 heavy (non-hydrogen) atoms. The molecule has 0 aliphatic carbocycles. The molecule has 6 nitrogen and oxygen atoms in total. The molecule has 0 bridgehead atoms. The minimum atomic E-state index is -5.08. The van der Waals surface area contributed by atoms with E-state index in [1.165, 1.54) is 0 Å². The lowest BCUT2D eigenvalue weighted by molar-refractivity contribution is -0.192. The Labute approximate surface area is 178 Å². The highest BCUT2D eigenvalue weighted by atomic mass is 35.5. The van der Waals surface area contributed by atoms with Gasteiger partial charge in [-0.25, -0.2) is 4.79 Å². The van der Waals surface area contributed by atoms with Crippen LogP contribution in [0.15, 0.2) is 18.2 Å². The minimum Gasteiger partial charge on any atom is -0.475 e. The number of aliphatic hydroxyl groups is 1. The van der Waals surface area contributed by atoms with Crippen molar-refractivity contribution >= 4 is 23.3 Å². The highest BCUT2D eigenvalue weighted by molar-refractivity contribution is 6.32. The predicted octanol–water partition coefficient (Wildman–Crippen LogP) is 3.42. The van der Waals surface area contributed by atoms with Crippen molar-refractivity contribution in [2.45, 2.75) is 38.0 Å². The van der Waals surface area contributed by atoms with Crippen LogP contribution in [-0.4, -0.2) is 54.6 Å². The van der Waals surface area contributed by atoms with E-state index in [4.69, 9.17) is 26.8 Å². The fourth-order valence-electron chi connectivity index (χ4n) is 3.86. The van der Waals surface area contributed by atoms with Gasteiger partial charge in [0, 0.05) is 18.8 Å². The lowest BCUT2D eigenvalue weighted by Crippen LogP contribution is -2.43. The van der Waals surface area contributed by atoms with E-state index in [-0.39, 0.29) is 6.10 Å². The number of hydrogen-bond donors (Lipinski definition) is 3. The number of nitrogens with zero attached hydrogens (tertiary/aromatic N) is 2. The Morgan fingerprint density at radius 1 is 1.20 bits per heavy atom. The van der Waals surface area contributed by atoms with E-state index in [0.29, 0.717) is 22.4 Å². The van der Waals surface area contributed by atoms with E-state index in [0.717, 1.165) is 57.5 Å². The first-order chi connectivity index (χ1) is 14.1. The zero-order chi connectivity index (χ0) is 22.3. The van der Waals surface area contributed by atoms with Crippen LogP contribution in [0.3, 0.4) is 0 Å². The van der Waals surface area contributed by atoms with Gasteiger partial charge in [0.2, 0.25) is 0 Å². The predicted molar refractivity (Wildman–Crippen MR) is 106 cm³/mol. The Bertz CT molecular complexity index is 756. The second kappa shape index (κ2) is 10.8. The first-order valence-electron chi connectivity index (χ1n) is 9.77. The molecule has 2 aliphatic rings. The lowest BCUT2D eigenvalue weighted by Gasteiger charge is -2.39. The summed E-state index contributed by atoms with van der Waals surface area (Å²) >= 11 is 6.13. The molecule has 0 spiro atoms. The van der Waals surface area contributed by atoms with Gasteiger partial charge < -0.3 is 20.4 Å². The standard InChI is InChI=1S/C18H24ClN3O.C2HF3O2/c19-17-11-16(2-1-15(17)12-20)22-9-5-14(6-10-22)18(23)13-3-7-21-8-4-13;3-2(4,5)1(6)7/h1-2,11,13-14,18,21,23H,3-10H2;(H,6,7). The lowest BCUT2D eigenvalue weighted by atomic mass is 9.80. The molecule has 3 N–H and O–H groups in total. The van der Waals surface area contributed by atoms with Crippen molar-refractivity contribution in [3.05, 3.63) is 28.8 Å². The number of piperidine rings is 2. The number of rotatable bonds is 3. The van der Waals surface area contributed by atoms with Gasteiger partial charge in [0.1, 0.15) is 6.07 Å². The van der Waals surface area contributed by atoms with Crippen LogP contribution in [0.5, 0.6) is 0 Å². The van der Waals surface area contributed by atoms with Crippen LogP contribution in [0.2, 0.25) is 5.02 Å². The van der Waals surface area contributed by atoms with E-state index in [1.54, 1.807) is 6.07 Å². The van der Waals surface area contributed by atoms with Gasteiger partial charge in [-0.2, -0.15) is 18.4 Å². The highest BCUT2D eigenvalue weighted by Gasteiger charge is 2.38. The number of nitrogens with one attached hydrogen (secondary N) is 1. The maximum absolute atomic E-state index is 10.7. The minimum absolute atomic E-state index is 0.163. The normalized spacial score (nSPS) is 19.4. The molecule has 0 saturated carbocycles. The fraction of sp³-hybridized carbons (Fsp3) is 0.600. The van der Waals surface area contributed by atoms with Crippen molar-refractivity contribution in [2.24, 2.45) is 11.8 Å². The van der Waals surface area contributed by atoms with Crippen LogP contribution in [0.1, 0.15) is 31.2 Å². The number of carbonyl (C=O) groups is 1. The van der Waals surface area contributed by atoms with Crippen LogP contribution < -0.4 is 10.2 Å². The summed E-state index contributed by atoms with van der Waals surface area (Å²) in [5, 5.41) is 30.6. The number of aliphatic carboxylic acids is 1. The van der Waals surface area contributed by atoms with E-state index in [9.17, 15) is 18.3 Å². The van der Waals surface area contributed by atoms with E-state index < -0.39 is 12.1 Å². The summed E-state index contributed by atoms with van der Waals surface area (Å²) in [5.41, 5.74) is 1.59. The van der Waals surface area contributed by atoms with Crippen LogP contribution in [0.4, 0.5) is 18.9 Å². The number of benzene rings is 1. The SMILES string of the molecule is N#Cc1ccc(N2CCC(C(O)C3CCNCC3)CC2)cc1Cl.O=C(O)C(F)(F)F. The molecule has 3 rings (SSSR count). The summed E-state index contributed by atoms with van der Waals surface area (Å²) in [6.45, 7) is 3.94. The molecule has 2 heterocycles. The monoisotopic (exact) mass is 447 g/mol. The van der Waals surface area contributed by atoms with Crippen molar-refractivity contribution in [1.82, 2.24) is 5.32 Å². The third-order valence-electron chi connectivity index (χ3n) is 5.57. The molecule has 0 aromatic heterocycles. The molecular formula is C20H25ClF3N3O3. The summed E-state index contributed by atoms with van der Waals surface area (Å²) in [6.07, 6.45) is -1.03. The zero-order valence-corrected chi connectivity index (χ0v) is 17.1. The van der Waals surface area contributed by atoms with Gasteiger partial charge in [-0.05, 0) is 68.8 Å². The summed E-state index contributed by atoms with van der Waals surface area (Å²) in [6, 6.07) is 7.73. The number of carboxylic acids is 1. The molecule has 1 aromatic rings. The summed E-state index contributed by atoms with van der Waals surface area (Å²) in [7, 11) is 0. The molecule has 166 valence electrons. The van der Waals surface area contributed by atoms with Gasteiger partial charge in [0.05, 0.1) is 16.7 Å². The van der Waals surface area contributed by atoms with Crippen LogP contribution in [0, 0.1) is 23.2 Å². The number of halogens is 4. The third-order valence-corrected chi connectivity index (χ3v) is 5.88. The molecule has 0 radical (unpaired) electrons. The van der Waals surface area contributed by atoms with Gasteiger partial charge in [0.15, 0.2) is 0 Å². The number of carboxylic acid groups (broad SMARTS) is 1. The molecule has 10 heteroatoms. The Morgan fingerprint density at radius 3 is 2.20 bits per heavy atom. The Kier molecular flexibility index (Phi) is 8.77. The molecule has 1 aromatic carbocycles. The first-order valence-corrected chi connectivity index (χ1v) is 10.1. The van der Waals surface area contributed by atoms with Crippen molar-refractivity contribution in [3.8, 4) is 6.07 Å². The Balaban J connectivity index is 0.000000396. The van der Waals surface area contributed by atoms with E-state index in [1.807, 2.05) is 12.1 Å². The number of aliphatic hydroxyl groups excluding tert-OH is 1. The quantitative estimate of drug-likeness (QED) is 0.657. The Hall–Kier alpha value is -2.02. The van der Waals surface area contributed by atoms with Gasteiger partial charge >= 0.3 is 12.1 Å². The second-order valence-electron chi connectivity index (χ2n) is 7.48. The number of anilines is 1. The fourth-order valence-corrected chi connectivity index (χ4v) is 4.08. The smallest absolute Gasteiger partial charge is 0.475 e. The molecule has 0 amide bonds. The number of hydrogen-bond acceptors (Lipinski definition) is 5. The maximum atomic E-state index is 10.7. The molecule has 1 unspecified atom stereocenters. The molecule has 2 fully saturated rings. The van der Waals surface area contributed by atoms with Crippen molar-refractivity contribution in [3.63, 3.8) is 0 Å². The first kappa shape index (κ1) is 24.3. The van der Waals surface area contributed by atoms with Crippen molar-refractivity contribution < 1.29 is 28.2 Å². The average Bonchev–Trinajstić information content (AvgIpc) is 2.73. The zero-order valence-electron chi connectivity index (χ0n) is 16.3. The van der Waals surface area contributed by atoms with Gasteiger partial charge in [-0.1, -0.05) is 11.6 Å². The number of alkyl halides is 3. The second-order valence-corrected chi connectivity index (χ2v) is 7.89. The maximum Gasteiger partial charge on any atom is 0.490 e. The highest BCUT2D eigenvalue weighted by Crippen LogP contribution is 2.32. The third kappa shape index (κ3) is 6.76. The van der Waals surface area contributed by atoms with Gasteiger partial charge in [0.25, 0.3) is 0 Å². The van der Waals surface area contributed by atoms with Gasteiger partial charge in [-0.3, -0.25) is 0 Å². The van der Waals surface area contributed by atoms with E-state index >= 15 is 0 Å². The van der Waals surface area contributed by atoms with E-state index in [2.05, 4.69) is 16.3 Å². The molecule has 2 saturated heterocycles.